The molecule has 4 nitrogen and oxygen atoms in total. The van der Waals surface area contributed by atoms with Gasteiger partial charge in [0.05, 0.1) is 0 Å². The predicted molar refractivity (Wildman–Crippen MR) is 216 cm³/mol. The van der Waals surface area contributed by atoms with Crippen LogP contribution in [0.5, 0.6) is 17.2 Å². The summed E-state index contributed by atoms with van der Waals surface area (Å²) in [6, 6.07) is 44.6. The number of methoxy groups -OCH3 is 3. The van der Waals surface area contributed by atoms with E-state index >= 15 is 0 Å². The van der Waals surface area contributed by atoms with Crippen molar-refractivity contribution in [3.05, 3.63) is 133 Å². The first kappa shape index (κ1) is 41.3. The SMILES string of the molecule is CCSCCNCCP(c1ccccc1)c1ccccc1.COc1ccc(P(Cl)(Cl)(c2ccc(OC)cc2)c2ccc(OC)cc2)cc1.[Ru]. The number of benzene rings is 5. The van der Waals surface area contributed by atoms with Crippen LogP contribution in [0.4, 0.5) is 0 Å². The van der Waals surface area contributed by atoms with E-state index in [1.54, 1.807) is 21.3 Å². The Morgan fingerprint density at radius 1 is 0.571 bits per heavy atom. The van der Waals surface area contributed by atoms with Crippen molar-refractivity contribution in [2.24, 2.45) is 0 Å². The van der Waals surface area contributed by atoms with Gasteiger partial charge in [-0.2, -0.15) is 11.8 Å². The Hall–Kier alpha value is -2.13. The van der Waals surface area contributed by atoms with Crippen molar-refractivity contribution < 1.29 is 33.7 Å². The second kappa shape index (κ2) is 20.7. The molecule has 0 atom stereocenters. The molecule has 49 heavy (non-hydrogen) atoms. The van der Waals surface area contributed by atoms with Crippen molar-refractivity contribution in [2.45, 2.75) is 6.92 Å². The summed E-state index contributed by atoms with van der Waals surface area (Å²) < 4.78 is 15.8. The van der Waals surface area contributed by atoms with Crippen LogP contribution in [0.2, 0.25) is 0 Å². The third-order valence-corrected chi connectivity index (χ3v) is 18.4. The Bertz CT molecular complexity index is 1490. The van der Waals surface area contributed by atoms with Crippen molar-refractivity contribution in [3.63, 3.8) is 0 Å². The molecule has 0 spiro atoms. The van der Waals surface area contributed by atoms with Gasteiger partial charge in [-0.15, -0.1) is 0 Å². The van der Waals surface area contributed by atoms with Crippen LogP contribution < -0.4 is 46.1 Å². The molecule has 0 aliphatic carbocycles. The minimum Gasteiger partial charge on any atom is 0 e. The zero-order valence-corrected chi connectivity index (χ0v) is 34.2. The Labute approximate surface area is 320 Å². The third kappa shape index (κ3) is 10.9. The quantitative estimate of drug-likeness (QED) is 0.0653. The van der Waals surface area contributed by atoms with Gasteiger partial charge in [-0.25, -0.2) is 0 Å². The molecule has 0 aromatic heterocycles. The molecule has 1 N–H and O–H groups in total. The minimum atomic E-state index is -3.71. The van der Waals surface area contributed by atoms with Crippen LogP contribution in [0.15, 0.2) is 133 Å². The van der Waals surface area contributed by atoms with Crippen LogP contribution in [-0.2, 0) is 19.5 Å². The fraction of sp³-hybridized carbons (Fsp3) is 0.231. The molecule has 0 saturated heterocycles. The first-order valence-corrected chi connectivity index (χ1v) is 22.6. The molecule has 5 rings (SSSR count). The van der Waals surface area contributed by atoms with Gasteiger partial charge in [0.2, 0.25) is 0 Å². The topological polar surface area (TPSA) is 39.7 Å². The molecular formula is C39H45Cl2NO3P2RuS. The molecule has 5 aromatic carbocycles. The van der Waals surface area contributed by atoms with Gasteiger partial charge in [0.25, 0.3) is 0 Å². The van der Waals surface area contributed by atoms with Crippen LogP contribution >= 0.6 is 47.5 Å². The Morgan fingerprint density at radius 3 is 1.27 bits per heavy atom. The number of ether oxygens (including phenoxy) is 3. The summed E-state index contributed by atoms with van der Waals surface area (Å²) in [6.45, 7) is 4.43. The van der Waals surface area contributed by atoms with Gasteiger partial charge < -0.3 is 5.32 Å². The molecule has 0 bridgehead atoms. The van der Waals surface area contributed by atoms with Gasteiger partial charge in [-0.1, -0.05) is 67.6 Å². The average molecular weight is 842 g/mol. The van der Waals surface area contributed by atoms with Crippen molar-refractivity contribution in [3.8, 4) is 17.2 Å². The maximum Gasteiger partial charge on any atom is 0 e. The monoisotopic (exact) mass is 841 g/mol. The Balaban J connectivity index is 0.000000268. The molecule has 5 aromatic rings. The van der Waals surface area contributed by atoms with E-state index < -0.39 is 5.31 Å². The summed E-state index contributed by atoms with van der Waals surface area (Å²) in [7, 11) is 4.64. The number of hydrogen-bond acceptors (Lipinski definition) is 5. The number of thioether (sulfide) groups is 1. The van der Waals surface area contributed by atoms with Gasteiger partial charge in [-0.3, -0.25) is 0 Å². The van der Waals surface area contributed by atoms with Gasteiger partial charge in [0.15, 0.2) is 0 Å². The van der Waals surface area contributed by atoms with Crippen molar-refractivity contribution in [2.75, 3.05) is 52.1 Å². The standard InChI is InChI=1S/C21H21Cl2O3P.C18H24NPS.Ru/c1-24-16-4-10-19(11-5-16)27(22,23,20-12-6-17(25-2)7-13-20)21-14-8-18(26-3)9-15-21;1-2-21-16-14-19-13-15-20(17-9-5-3-6-10-17)18-11-7-4-8-12-18;/h4-15H,1-3H3;3-12,19H,2,13-16H2,1H3;. The molecule has 0 radical (unpaired) electrons. The van der Waals surface area contributed by atoms with Crippen molar-refractivity contribution in [1.29, 1.82) is 0 Å². The van der Waals surface area contributed by atoms with E-state index in [9.17, 15) is 0 Å². The maximum atomic E-state index is 7.43. The van der Waals surface area contributed by atoms with E-state index in [1.807, 2.05) is 84.6 Å². The van der Waals surface area contributed by atoms with Crippen LogP contribution in [0.3, 0.4) is 0 Å². The third-order valence-electron chi connectivity index (χ3n) is 7.85. The second-order valence-corrected chi connectivity index (χ2v) is 22.4. The number of hydrogen-bond donors (Lipinski definition) is 1. The fourth-order valence-electron chi connectivity index (χ4n) is 5.21. The minimum absolute atomic E-state index is 0. The zero-order chi connectivity index (χ0) is 34.3. The van der Waals surface area contributed by atoms with Gasteiger partial charge in [0.1, 0.15) is 0 Å². The number of nitrogens with one attached hydrogen (secondary N) is 1. The fourth-order valence-corrected chi connectivity index (χ4v) is 13.0. The summed E-state index contributed by atoms with van der Waals surface area (Å²) in [5, 5.41) is 5.33. The van der Waals surface area contributed by atoms with Crippen LogP contribution in [0.25, 0.3) is 0 Å². The first-order chi connectivity index (χ1) is 23.3. The smallest absolute Gasteiger partial charge is 0 e. The van der Waals surface area contributed by atoms with Crippen LogP contribution in [-0.4, -0.2) is 52.1 Å². The van der Waals surface area contributed by atoms with E-state index in [4.69, 9.17) is 36.7 Å². The maximum absolute atomic E-state index is 7.43. The molecule has 0 amide bonds. The molecule has 262 valence electrons. The van der Waals surface area contributed by atoms with E-state index in [-0.39, 0.29) is 27.4 Å². The van der Waals surface area contributed by atoms with Crippen LogP contribution in [0, 0.1) is 0 Å². The van der Waals surface area contributed by atoms with Crippen molar-refractivity contribution in [1.82, 2.24) is 5.32 Å². The number of rotatable bonds is 15. The molecule has 0 fully saturated rings. The van der Waals surface area contributed by atoms with E-state index in [0.717, 1.165) is 46.3 Å². The normalized spacial score (nSPS) is 11.7. The molecular weight excluding hydrogens is 796 g/mol. The molecule has 0 aliphatic rings. The second-order valence-electron chi connectivity index (χ2n) is 10.8. The summed E-state index contributed by atoms with van der Waals surface area (Å²) in [6.07, 6.45) is 1.21. The summed E-state index contributed by atoms with van der Waals surface area (Å²) >= 11 is 16.9. The van der Waals surface area contributed by atoms with Gasteiger partial charge in [-0.05, 0) is 37.0 Å². The molecule has 0 unspecified atom stereocenters. The molecule has 0 aliphatic heterocycles. The zero-order valence-electron chi connectivity index (χ0n) is 28.4. The van der Waals surface area contributed by atoms with Gasteiger partial charge in [0, 0.05) is 31.8 Å². The summed E-state index contributed by atoms with van der Waals surface area (Å²) in [5.41, 5.74) is 0. The molecule has 0 heterocycles. The predicted octanol–water partition coefficient (Wildman–Crippen LogP) is 8.31. The first-order valence-electron chi connectivity index (χ1n) is 15.9. The Kier molecular flexibility index (Phi) is 17.4. The van der Waals surface area contributed by atoms with E-state index in [1.165, 1.54) is 28.3 Å². The molecule has 10 heteroatoms. The van der Waals surface area contributed by atoms with Gasteiger partial charge >= 0.3 is 169 Å². The van der Waals surface area contributed by atoms with E-state index in [0.29, 0.717) is 0 Å². The summed E-state index contributed by atoms with van der Waals surface area (Å²) in [4.78, 5) is 0. The van der Waals surface area contributed by atoms with Crippen LogP contribution in [0.1, 0.15) is 6.92 Å². The Morgan fingerprint density at radius 2 is 0.939 bits per heavy atom. The van der Waals surface area contributed by atoms with E-state index in [2.05, 4.69) is 72.9 Å². The number of halogens is 2. The summed E-state index contributed by atoms with van der Waals surface area (Å²) in [5.74, 6) is 4.66. The largest absolute Gasteiger partial charge is 0 e. The van der Waals surface area contributed by atoms with Crippen molar-refractivity contribution >= 4 is 74.0 Å². The molecule has 0 saturated carbocycles. The average Bonchev–Trinajstić information content (AvgIpc) is 3.15.